The topological polar surface area (TPSA) is 0 Å². The molecule has 3 rings (SSSR count). The fraction of sp³-hybridized carbons (Fsp3) is 0.0909. The predicted octanol–water partition coefficient (Wildman–Crippen LogP) is 2.02. The third-order valence-electron chi connectivity index (χ3n) is 2.44. The van der Waals surface area contributed by atoms with Crippen LogP contribution in [0.25, 0.3) is 11.6 Å². The van der Waals surface area contributed by atoms with Crippen LogP contribution in [0.2, 0.25) is 0 Å². The van der Waals surface area contributed by atoms with E-state index in [-0.39, 0.29) is 0 Å². The van der Waals surface area contributed by atoms with Gasteiger partial charge in [-0.25, -0.2) is 0 Å². The van der Waals surface area contributed by atoms with Crippen molar-refractivity contribution in [2.75, 3.05) is 5.75 Å². The molecule has 0 atom stereocenters. The van der Waals surface area contributed by atoms with Gasteiger partial charge in [0.2, 0.25) is 0 Å². The number of halogens is 1. The van der Waals surface area contributed by atoms with Gasteiger partial charge in [0.05, 0.1) is 0 Å². The Hall–Kier alpha value is -0.470. The Balaban J connectivity index is 2.46. The van der Waals surface area contributed by atoms with Crippen molar-refractivity contribution in [1.29, 1.82) is 0 Å². The minimum Gasteiger partial charge on any atom is -0.129 e. The molecule has 13 heavy (non-hydrogen) atoms. The molecule has 0 amide bonds. The van der Waals surface area contributed by atoms with E-state index in [2.05, 4.69) is 45.6 Å². The number of allylic oxidation sites excluding steroid dienone is 1. The van der Waals surface area contributed by atoms with Gasteiger partial charge in [0.25, 0.3) is 0 Å². The molecular weight excluding hydrogens is 244 g/mol. The average molecular weight is 251 g/mol. The smallest absolute Gasteiger partial charge is 0.0238 e. The third-order valence-corrected chi connectivity index (χ3v) is 3.81. The van der Waals surface area contributed by atoms with Crippen LogP contribution in [0.3, 0.4) is 0 Å². The Morgan fingerprint density at radius 1 is 1.31 bits per heavy atom. The molecule has 0 nitrogen and oxygen atoms in total. The molecule has 1 aromatic carbocycles. The first-order valence-electron chi connectivity index (χ1n) is 4.17. The van der Waals surface area contributed by atoms with Crippen molar-refractivity contribution in [2.24, 2.45) is 0 Å². The van der Waals surface area contributed by atoms with Crippen molar-refractivity contribution in [3.8, 4) is 0 Å². The van der Waals surface area contributed by atoms with Crippen LogP contribution in [0.1, 0.15) is 0 Å². The van der Waals surface area contributed by atoms with Crippen molar-refractivity contribution in [1.82, 2.24) is 0 Å². The summed E-state index contributed by atoms with van der Waals surface area (Å²) in [6.07, 6.45) is 2.27. The largest absolute Gasteiger partial charge is 0.129 e. The van der Waals surface area contributed by atoms with Gasteiger partial charge in [-0.15, -0.1) is 11.8 Å². The third kappa shape index (κ3) is 1.12. The average Bonchev–Trinajstić information content (AvgIpc) is 2.62. The highest BCUT2D eigenvalue weighted by molar-refractivity contribution is 9.10. The summed E-state index contributed by atoms with van der Waals surface area (Å²) in [7, 11) is 0. The van der Waals surface area contributed by atoms with Gasteiger partial charge in [0.15, 0.2) is 0 Å². The molecule has 2 aliphatic rings. The van der Waals surface area contributed by atoms with Gasteiger partial charge in [-0.3, -0.25) is 0 Å². The van der Waals surface area contributed by atoms with Gasteiger partial charge in [0.1, 0.15) is 0 Å². The lowest BCUT2D eigenvalue weighted by Gasteiger charge is -1.92. The molecule has 0 aromatic heterocycles. The standard InChI is InChI=1S/C11H7BrS/c12-9-1-2-10-7(4-9)3-8-5-13-6-11(8)10/h1-5H,6H2. The number of hydrogen-bond acceptors (Lipinski definition) is 1. The van der Waals surface area contributed by atoms with E-state index < -0.39 is 0 Å². The number of fused-ring (bicyclic) bond motifs is 2. The van der Waals surface area contributed by atoms with E-state index in [9.17, 15) is 0 Å². The zero-order valence-corrected chi connectivity index (χ0v) is 9.28. The summed E-state index contributed by atoms with van der Waals surface area (Å²) in [6.45, 7) is 0. The van der Waals surface area contributed by atoms with E-state index in [1.165, 1.54) is 21.6 Å². The zero-order valence-electron chi connectivity index (χ0n) is 6.88. The highest BCUT2D eigenvalue weighted by Crippen LogP contribution is 2.30. The van der Waals surface area contributed by atoms with Gasteiger partial charge < -0.3 is 0 Å². The second-order valence-electron chi connectivity index (χ2n) is 3.24. The molecule has 0 radical (unpaired) electrons. The molecule has 0 saturated heterocycles. The minimum atomic E-state index is 1.14. The Morgan fingerprint density at radius 3 is 3.15 bits per heavy atom. The van der Waals surface area contributed by atoms with Gasteiger partial charge in [-0.1, -0.05) is 22.0 Å². The Kier molecular flexibility index (Phi) is 1.67. The molecule has 1 heterocycles. The normalized spacial score (nSPS) is 17.9. The lowest BCUT2D eigenvalue weighted by molar-refractivity contribution is 1.49. The predicted molar refractivity (Wildman–Crippen MR) is 61.8 cm³/mol. The summed E-state index contributed by atoms with van der Waals surface area (Å²) < 4.78 is 1.16. The maximum absolute atomic E-state index is 3.49. The molecular formula is C11H7BrS. The Morgan fingerprint density at radius 2 is 2.23 bits per heavy atom. The fourth-order valence-corrected chi connectivity index (χ4v) is 3.16. The van der Waals surface area contributed by atoms with Crippen LogP contribution < -0.4 is 10.4 Å². The van der Waals surface area contributed by atoms with Crippen molar-refractivity contribution in [3.63, 3.8) is 0 Å². The summed E-state index contributed by atoms with van der Waals surface area (Å²) in [4.78, 5) is 0. The van der Waals surface area contributed by atoms with Crippen LogP contribution >= 0.6 is 27.7 Å². The van der Waals surface area contributed by atoms with Crippen molar-refractivity contribution < 1.29 is 0 Å². The van der Waals surface area contributed by atoms with Gasteiger partial charge in [0, 0.05) is 10.2 Å². The summed E-state index contributed by atoms with van der Waals surface area (Å²) >= 11 is 5.38. The lowest BCUT2D eigenvalue weighted by Crippen LogP contribution is -2.22. The Bertz CT molecular complexity index is 526. The maximum Gasteiger partial charge on any atom is 0.0238 e. The van der Waals surface area contributed by atoms with Crippen LogP contribution in [-0.4, -0.2) is 5.75 Å². The van der Waals surface area contributed by atoms with E-state index in [1.807, 2.05) is 11.8 Å². The first-order valence-corrected chi connectivity index (χ1v) is 6.01. The van der Waals surface area contributed by atoms with Crippen LogP contribution in [0.5, 0.6) is 0 Å². The maximum atomic E-state index is 3.49. The first kappa shape index (κ1) is 7.89. The minimum absolute atomic E-state index is 1.14. The summed E-state index contributed by atoms with van der Waals surface area (Å²) in [5.74, 6) is 1.14. The quantitative estimate of drug-likeness (QED) is 0.679. The van der Waals surface area contributed by atoms with Crippen molar-refractivity contribution in [2.45, 2.75) is 0 Å². The summed E-state index contributed by atoms with van der Waals surface area (Å²) in [5.41, 5.74) is 2.92. The second kappa shape index (κ2) is 2.76. The van der Waals surface area contributed by atoms with E-state index in [1.54, 1.807) is 0 Å². The molecule has 1 aromatic rings. The van der Waals surface area contributed by atoms with Crippen LogP contribution in [0.15, 0.2) is 33.7 Å². The molecule has 0 fully saturated rings. The van der Waals surface area contributed by atoms with Crippen molar-refractivity contribution >= 4 is 39.3 Å². The second-order valence-corrected chi connectivity index (χ2v) is 5.01. The van der Waals surface area contributed by atoms with Gasteiger partial charge in [-0.05, 0) is 45.2 Å². The number of benzene rings is 1. The van der Waals surface area contributed by atoms with E-state index in [0.717, 1.165) is 10.2 Å². The molecule has 0 N–H and O–H groups in total. The van der Waals surface area contributed by atoms with E-state index in [4.69, 9.17) is 0 Å². The lowest BCUT2D eigenvalue weighted by atomic mass is 10.1. The number of thioether (sulfide) groups is 1. The molecule has 1 aliphatic heterocycles. The number of hydrogen-bond donors (Lipinski definition) is 0. The van der Waals surface area contributed by atoms with Gasteiger partial charge in [-0.2, -0.15) is 0 Å². The molecule has 2 heteroatoms. The molecule has 0 saturated carbocycles. The molecule has 1 aliphatic carbocycles. The van der Waals surface area contributed by atoms with E-state index in [0.29, 0.717) is 0 Å². The van der Waals surface area contributed by atoms with Crippen LogP contribution in [0.4, 0.5) is 0 Å². The monoisotopic (exact) mass is 250 g/mol. The van der Waals surface area contributed by atoms with Gasteiger partial charge >= 0.3 is 0 Å². The van der Waals surface area contributed by atoms with Crippen LogP contribution in [0, 0.1) is 0 Å². The summed E-state index contributed by atoms with van der Waals surface area (Å²) in [6, 6.07) is 6.51. The van der Waals surface area contributed by atoms with Crippen LogP contribution in [-0.2, 0) is 0 Å². The molecule has 64 valence electrons. The SMILES string of the molecule is Brc1ccc2c(c1)=CC1=CSCC=21. The zero-order chi connectivity index (χ0) is 8.84. The molecule has 0 unspecified atom stereocenters. The van der Waals surface area contributed by atoms with E-state index >= 15 is 0 Å². The first-order chi connectivity index (χ1) is 6.34. The molecule has 0 bridgehead atoms. The number of rotatable bonds is 0. The highest BCUT2D eigenvalue weighted by Gasteiger charge is 2.15. The Labute approximate surface area is 89.2 Å². The highest BCUT2D eigenvalue weighted by atomic mass is 79.9. The molecule has 0 spiro atoms. The summed E-state index contributed by atoms with van der Waals surface area (Å²) in [5, 5.41) is 5.03. The van der Waals surface area contributed by atoms with Crippen molar-refractivity contribution in [3.05, 3.63) is 44.1 Å². The fourth-order valence-electron chi connectivity index (χ4n) is 1.82.